The summed E-state index contributed by atoms with van der Waals surface area (Å²) in [6, 6.07) is 15.2. The number of aryl methyl sites for hydroxylation is 1. The molecule has 0 aliphatic heterocycles. The largest absolute Gasteiger partial charge is 0.493 e. The molecule has 0 atom stereocenters. The standard InChI is InChI=1S/C24H25FN2O5S/c1-16-11-12-20(14-21(16)25)33(29,30)26-19-9-5-7-17(13-19)24(28)27(2)15-18-8-6-10-22(31-3)23(18)32-4/h5-14,26H,15H2,1-4H3. The van der Waals surface area contributed by atoms with Crippen LogP contribution in [0.1, 0.15) is 21.5 Å². The molecule has 1 amide bonds. The lowest BCUT2D eigenvalue weighted by Crippen LogP contribution is -2.26. The van der Waals surface area contributed by atoms with E-state index in [4.69, 9.17) is 9.47 Å². The van der Waals surface area contributed by atoms with E-state index in [0.29, 0.717) is 17.1 Å². The zero-order valence-electron chi connectivity index (χ0n) is 18.8. The van der Waals surface area contributed by atoms with Crippen LogP contribution >= 0.6 is 0 Å². The van der Waals surface area contributed by atoms with Gasteiger partial charge in [0.25, 0.3) is 15.9 Å². The minimum Gasteiger partial charge on any atom is -0.493 e. The third kappa shape index (κ3) is 5.43. The van der Waals surface area contributed by atoms with Gasteiger partial charge in [-0.3, -0.25) is 9.52 Å². The van der Waals surface area contributed by atoms with Gasteiger partial charge in [0.2, 0.25) is 0 Å². The average molecular weight is 473 g/mol. The molecule has 0 unspecified atom stereocenters. The number of nitrogens with zero attached hydrogens (tertiary/aromatic N) is 1. The van der Waals surface area contributed by atoms with Crippen LogP contribution < -0.4 is 14.2 Å². The maximum absolute atomic E-state index is 13.8. The molecule has 3 aromatic carbocycles. The predicted octanol–water partition coefficient (Wildman–Crippen LogP) is 4.22. The van der Waals surface area contributed by atoms with E-state index in [9.17, 15) is 17.6 Å². The van der Waals surface area contributed by atoms with Crippen LogP contribution in [0.4, 0.5) is 10.1 Å². The van der Waals surface area contributed by atoms with E-state index in [2.05, 4.69) is 4.72 Å². The van der Waals surface area contributed by atoms with Crippen molar-refractivity contribution in [3.8, 4) is 11.5 Å². The van der Waals surface area contributed by atoms with Crippen molar-refractivity contribution in [3.63, 3.8) is 0 Å². The lowest BCUT2D eigenvalue weighted by molar-refractivity contribution is 0.0784. The Balaban J connectivity index is 1.80. The number of para-hydroxylation sites is 1. The van der Waals surface area contributed by atoms with Crippen molar-refractivity contribution >= 4 is 21.6 Å². The van der Waals surface area contributed by atoms with Gasteiger partial charge in [0.1, 0.15) is 5.82 Å². The zero-order chi connectivity index (χ0) is 24.2. The van der Waals surface area contributed by atoms with Gasteiger partial charge in [-0.25, -0.2) is 12.8 Å². The third-order valence-electron chi connectivity index (χ3n) is 5.05. The van der Waals surface area contributed by atoms with E-state index in [1.165, 1.54) is 43.4 Å². The molecule has 0 heterocycles. The van der Waals surface area contributed by atoms with E-state index in [1.54, 1.807) is 38.2 Å². The fourth-order valence-corrected chi connectivity index (χ4v) is 4.36. The summed E-state index contributed by atoms with van der Waals surface area (Å²) in [6.07, 6.45) is 0. The summed E-state index contributed by atoms with van der Waals surface area (Å²) in [7, 11) is 0.668. The highest BCUT2D eigenvalue weighted by atomic mass is 32.2. The Bertz CT molecular complexity index is 1280. The third-order valence-corrected chi connectivity index (χ3v) is 6.43. The normalized spacial score (nSPS) is 11.1. The molecule has 7 nitrogen and oxygen atoms in total. The molecule has 33 heavy (non-hydrogen) atoms. The highest BCUT2D eigenvalue weighted by Gasteiger charge is 2.19. The molecule has 0 radical (unpaired) electrons. The van der Waals surface area contributed by atoms with E-state index in [0.717, 1.165) is 11.6 Å². The molecular weight excluding hydrogens is 447 g/mol. The highest BCUT2D eigenvalue weighted by molar-refractivity contribution is 7.92. The smallest absolute Gasteiger partial charge is 0.261 e. The predicted molar refractivity (Wildman–Crippen MR) is 124 cm³/mol. The summed E-state index contributed by atoms with van der Waals surface area (Å²) in [4.78, 5) is 14.3. The summed E-state index contributed by atoms with van der Waals surface area (Å²) in [5, 5.41) is 0. The van der Waals surface area contributed by atoms with Crippen LogP contribution in [0.5, 0.6) is 11.5 Å². The number of benzene rings is 3. The summed E-state index contributed by atoms with van der Waals surface area (Å²) in [5.41, 5.74) is 1.58. The van der Waals surface area contributed by atoms with Crippen LogP contribution in [-0.4, -0.2) is 40.5 Å². The molecular formula is C24H25FN2O5S. The van der Waals surface area contributed by atoms with Crippen molar-refractivity contribution in [1.82, 2.24) is 4.90 Å². The number of ether oxygens (including phenoxy) is 2. The monoisotopic (exact) mass is 472 g/mol. The van der Waals surface area contributed by atoms with Gasteiger partial charge < -0.3 is 14.4 Å². The second-order valence-corrected chi connectivity index (χ2v) is 9.09. The first-order valence-electron chi connectivity index (χ1n) is 10.0. The molecule has 0 aliphatic carbocycles. The molecule has 0 aromatic heterocycles. The number of nitrogens with one attached hydrogen (secondary N) is 1. The van der Waals surface area contributed by atoms with Crippen LogP contribution in [-0.2, 0) is 16.6 Å². The molecule has 3 aromatic rings. The molecule has 0 spiro atoms. The minimum atomic E-state index is -4.03. The average Bonchev–Trinajstić information content (AvgIpc) is 2.79. The lowest BCUT2D eigenvalue weighted by atomic mass is 10.1. The fourth-order valence-electron chi connectivity index (χ4n) is 3.30. The molecule has 0 aliphatic rings. The Morgan fingerprint density at radius 2 is 1.76 bits per heavy atom. The second-order valence-electron chi connectivity index (χ2n) is 7.41. The maximum Gasteiger partial charge on any atom is 0.261 e. The Labute approximate surface area is 192 Å². The van der Waals surface area contributed by atoms with E-state index < -0.39 is 15.8 Å². The van der Waals surface area contributed by atoms with E-state index in [1.807, 2.05) is 6.07 Å². The number of sulfonamides is 1. The summed E-state index contributed by atoms with van der Waals surface area (Å²) in [6.45, 7) is 1.80. The summed E-state index contributed by atoms with van der Waals surface area (Å²) >= 11 is 0. The summed E-state index contributed by atoms with van der Waals surface area (Å²) < 4.78 is 52.3. The molecule has 0 fully saturated rings. The van der Waals surface area contributed by atoms with Gasteiger partial charge in [-0.05, 0) is 48.9 Å². The highest BCUT2D eigenvalue weighted by Crippen LogP contribution is 2.31. The Morgan fingerprint density at radius 1 is 1.03 bits per heavy atom. The first kappa shape index (κ1) is 24.1. The Kier molecular flexibility index (Phi) is 7.23. The lowest BCUT2D eigenvalue weighted by Gasteiger charge is -2.20. The first-order chi connectivity index (χ1) is 15.7. The number of carbonyl (C=O) groups excluding carboxylic acids is 1. The van der Waals surface area contributed by atoms with Crippen LogP contribution in [0.3, 0.4) is 0 Å². The van der Waals surface area contributed by atoms with Gasteiger partial charge in [-0.2, -0.15) is 0 Å². The first-order valence-corrected chi connectivity index (χ1v) is 11.5. The van der Waals surface area contributed by atoms with Gasteiger partial charge in [0.15, 0.2) is 11.5 Å². The van der Waals surface area contributed by atoms with Crippen LogP contribution in [0.2, 0.25) is 0 Å². The fraction of sp³-hybridized carbons (Fsp3) is 0.208. The van der Waals surface area contributed by atoms with Crippen LogP contribution in [0.15, 0.2) is 65.6 Å². The molecule has 0 saturated carbocycles. The van der Waals surface area contributed by atoms with Gasteiger partial charge in [-0.15, -0.1) is 0 Å². The molecule has 0 bridgehead atoms. The minimum absolute atomic E-state index is 0.189. The van der Waals surface area contributed by atoms with Crippen molar-refractivity contribution in [2.75, 3.05) is 26.0 Å². The number of anilines is 1. The van der Waals surface area contributed by atoms with Gasteiger partial charge >= 0.3 is 0 Å². The Hall–Kier alpha value is -3.59. The van der Waals surface area contributed by atoms with Crippen molar-refractivity contribution in [2.45, 2.75) is 18.4 Å². The van der Waals surface area contributed by atoms with Crippen LogP contribution in [0, 0.1) is 12.7 Å². The number of hydrogen-bond donors (Lipinski definition) is 1. The number of amides is 1. The molecule has 1 N–H and O–H groups in total. The second kappa shape index (κ2) is 9.91. The number of rotatable bonds is 8. The van der Waals surface area contributed by atoms with Gasteiger partial charge in [-0.1, -0.05) is 24.3 Å². The zero-order valence-corrected chi connectivity index (χ0v) is 19.6. The van der Waals surface area contributed by atoms with E-state index >= 15 is 0 Å². The summed E-state index contributed by atoms with van der Waals surface area (Å²) in [5.74, 6) is 0.157. The number of halogens is 1. The molecule has 3 rings (SSSR count). The van der Waals surface area contributed by atoms with Crippen molar-refractivity contribution in [1.29, 1.82) is 0 Å². The van der Waals surface area contributed by atoms with Gasteiger partial charge in [0.05, 0.1) is 19.1 Å². The molecule has 174 valence electrons. The van der Waals surface area contributed by atoms with Crippen molar-refractivity contribution < 1.29 is 27.1 Å². The Morgan fingerprint density at radius 3 is 2.42 bits per heavy atom. The number of methoxy groups -OCH3 is 2. The van der Waals surface area contributed by atoms with E-state index in [-0.39, 0.29) is 28.6 Å². The SMILES string of the molecule is COc1cccc(CN(C)C(=O)c2cccc(NS(=O)(=O)c3ccc(C)c(F)c3)c2)c1OC. The quantitative estimate of drug-likeness (QED) is 0.531. The molecule has 9 heteroatoms. The van der Waals surface area contributed by atoms with Crippen molar-refractivity contribution in [3.05, 3.63) is 83.2 Å². The van der Waals surface area contributed by atoms with Crippen molar-refractivity contribution in [2.24, 2.45) is 0 Å². The number of carbonyl (C=O) groups is 1. The van der Waals surface area contributed by atoms with Crippen LogP contribution in [0.25, 0.3) is 0 Å². The number of hydrogen-bond acceptors (Lipinski definition) is 5. The maximum atomic E-state index is 13.8. The topological polar surface area (TPSA) is 84.9 Å². The molecule has 0 saturated heterocycles. The van der Waals surface area contributed by atoms with Gasteiger partial charge in [0, 0.05) is 30.4 Å².